The van der Waals surface area contributed by atoms with E-state index in [1.807, 2.05) is 109 Å². The van der Waals surface area contributed by atoms with E-state index < -0.39 is 33.0 Å². The number of unbranched alkanes of at least 4 members (excludes halogenated alkanes) is 5. The Kier molecular flexibility index (Phi) is 15.7. The van der Waals surface area contributed by atoms with Crippen LogP contribution in [0.5, 0.6) is 17.2 Å². The van der Waals surface area contributed by atoms with Gasteiger partial charge >= 0.3 is 0 Å². The van der Waals surface area contributed by atoms with Crippen molar-refractivity contribution in [1.29, 1.82) is 0 Å². The predicted molar refractivity (Wildman–Crippen MR) is 196 cm³/mol. The molecule has 48 heavy (non-hydrogen) atoms. The minimum absolute atomic E-state index is 0.146. The van der Waals surface area contributed by atoms with Crippen LogP contribution < -0.4 is 14.2 Å². The molecule has 5 atom stereocenters. The number of fused-ring (bicyclic) bond motifs is 1. The van der Waals surface area contributed by atoms with E-state index in [1.165, 1.54) is 44.6 Å². The molecular formula is C40H48O6S2. The first-order chi connectivity index (χ1) is 23.4. The summed E-state index contributed by atoms with van der Waals surface area (Å²) in [5.74, 6) is 2.92. The quantitative estimate of drug-likeness (QED) is 0.0811. The Morgan fingerprint density at radius 3 is 2.00 bits per heavy atom. The van der Waals surface area contributed by atoms with E-state index in [1.54, 1.807) is 0 Å². The summed E-state index contributed by atoms with van der Waals surface area (Å²) in [6, 6.07) is 33.9. The lowest BCUT2D eigenvalue weighted by atomic mass is 10.1. The normalized spacial score (nSPS) is 14.9. The van der Waals surface area contributed by atoms with Gasteiger partial charge in [-0.15, -0.1) is 0 Å². The minimum Gasteiger partial charge on any atom is -0.616 e. The Bertz CT molecular complexity index is 1490. The molecule has 5 rings (SSSR count). The van der Waals surface area contributed by atoms with Crippen molar-refractivity contribution in [2.45, 2.75) is 81.7 Å². The molecule has 256 valence electrons. The summed E-state index contributed by atoms with van der Waals surface area (Å²) in [5.41, 5.74) is 1.94. The van der Waals surface area contributed by atoms with Gasteiger partial charge in [0.2, 0.25) is 12.0 Å². The summed E-state index contributed by atoms with van der Waals surface area (Å²) < 4.78 is 42.6. The monoisotopic (exact) mass is 688 g/mol. The highest BCUT2D eigenvalue weighted by molar-refractivity contribution is 7.92. The molecule has 0 saturated heterocycles. The van der Waals surface area contributed by atoms with Crippen LogP contribution in [0.2, 0.25) is 0 Å². The van der Waals surface area contributed by atoms with Crippen molar-refractivity contribution < 1.29 is 28.1 Å². The summed E-state index contributed by atoms with van der Waals surface area (Å²) in [5, 5.41) is -0.555. The van der Waals surface area contributed by atoms with Gasteiger partial charge in [-0.05, 0) is 49.6 Å². The summed E-state index contributed by atoms with van der Waals surface area (Å²) >= 11 is -2.34. The highest BCUT2D eigenvalue weighted by atomic mass is 32.2. The molecule has 1 aliphatic rings. The van der Waals surface area contributed by atoms with E-state index in [0.29, 0.717) is 12.5 Å². The number of Topliss-reactive ketones (excluding diaryl/α,β-unsaturated/α-hetero) is 1. The highest BCUT2D eigenvalue weighted by Gasteiger charge is 2.38. The largest absolute Gasteiger partial charge is 0.616 e. The molecule has 0 spiro atoms. The molecule has 5 unspecified atom stereocenters. The van der Waals surface area contributed by atoms with Gasteiger partial charge in [0.15, 0.2) is 17.3 Å². The molecule has 0 N–H and O–H groups in total. The number of rotatable bonds is 17. The zero-order valence-corrected chi connectivity index (χ0v) is 29.9. The van der Waals surface area contributed by atoms with Crippen LogP contribution in [-0.2, 0) is 33.6 Å². The average Bonchev–Trinajstić information content (AvgIpc) is 3.58. The van der Waals surface area contributed by atoms with E-state index >= 15 is 0 Å². The molecule has 0 amide bonds. The number of carbonyl (C=O) groups is 1. The van der Waals surface area contributed by atoms with Crippen LogP contribution in [0.25, 0.3) is 0 Å². The van der Waals surface area contributed by atoms with E-state index in [9.17, 15) is 13.9 Å². The summed E-state index contributed by atoms with van der Waals surface area (Å²) in [7, 11) is 0. The molecule has 0 radical (unpaired) electrons. The van der Waals surface area contributed by atoms with Gasteiger partial charge in [0.05, 0.1) is 0 Å². The number of hydrogen-bond donors (Lipinski definition) is 0. The number of benzene rings is 4. The molecule has 0 aromatic heterocycles. The Balaban J connectivity index is 0.000000220. The molecule has 0 aliphatic carbocycles. The lowest BCUT2D eigenvalue weighted by Crippen LogP contribution is -2.29. The van der Waals surface area contributed by atoms with Gasteiger partial charge in [-0.1, -0.05) is 129 Å². The smallest absolute Gasteiger partial charge is 0.281 e. The average molecular weight is 689 g/mol. The van der Waals surface area contributed by atoms with Gasteiger partial charge < -0.3 is 23.3 Å². The maximum atomic E-state index is 13.5. The van der Waals surface area contributed by atoms with Gasteiger partial charge in [-0.25, -0.2) is 0 Å². The number of hydrogen-bond acceptors (Lipinski definition) is 6. The van der Waals surface area contributed by atoms with E-state index in [0.717, 1.165) is 41.2 Å². The lowest BCUT2D eigenvalue weighted by Gasteiger charge is -2.27. The summed E-state index contributed by atoms with van der Waals surface area (Å²) in [4.78, 5) is 12.3. The van der Waals surface area contributed by atoms with Gasteiger partial charge in [0, 0.05) is 35.6 Å². The zero-order chi connectivity index (χ0) is 34.1. The van der Waals surface area contributed by atoms with Crippen LogP contribution in [0.3, 0.4) is 0 Å². The predicted octanol–water partition coefficient (Wildman–Crippen LogP) is 9.30. The third kappa shape index (κ3) is 11.6. The van der Waals surface area contributed by atoms with Crippen LogP contribution >= 0.6 is 0 Å². The SMILES string of the molecule is CC(=O)C(c1ccccc1)[S+]([O-])C(Oc1ccccc1)c1ccccc1.CCCCCCCC[S+]([O-])C(C)Cc1ccc2c(c1)OCO2. The first-order valence-electron chi connectivity index (χ1n) is 16.8. The number of carbonyl (C=O) groups excluding carboxylic acids is 1. The van der Waals surface area contributed by atoms with E-state index in [-0.39, 0.29) is 11.0 Å². The summed E-state index contributed by atoms with van der Waals surface area (Å²) in [6.07, 6.45) is 8.32. The third-order valence-corrected chi connectivity index (χ3v) is 11.7. The Morgan fingerprint density at radius 2 is 1.35 bits per heavy atom. The van der Waals surface area contributed by atoms with Crippen molar-refractivity contribution in [3.63, 3.8) is 0 Å². The number of ether oxygens (including phenoxy) is 3. The Hall–Kier alpha value is -3.43. The van der Waals surface area contributed by atoms with Crippen LogP contribution in [0.4, 0.5) is 0 Å². The molecular weight excluding hydrogens is 641 g/mol. The van der Waals surface area contributed by atoms with Crippen LogP contribution in [0.15, 0.2) is 109 Å². The fourth-order valence-electron chi connectivity index (χ4n) is 5.48. The van der Waals surface area contributed by atoms with Crippen molar-refractivity contribution in [3.05, 3.63) is 126 Å². The van der Waals surface area contributed by atoms with Crippen LogP contribution in [-0.4, -0.2) is 32.7 Å². The van der Waals surface area contributed by atoms with E-state index in [4.69, 9.17) is 14.2 Å². The van der Waals surface area contributed by atoms with Crippen molar-refractivity contribution >= 4 is 28.1 Å². The molecule has 0 fully saturated rings. The van der Waals surface area contributed by atoms with Gasteiger partial charge in [0.1, 0.15) is 16.8 Å². The fourth-order valence-corrected chi connectivity index (χ4v) is 8.39. The zero-order valence-electron chi connectivity index (χ0n) is 28.3. The molecule has 6 nitrogen and oxygen atoms in total. The fraction of sp³-hybridized carbons (Fsp3) is 0.375. The van der Waals surface area contributed by atoms with Crippen molar-refractivity contribution in [2.75, 3.05) is 12.5 Å². The number of para-hydroxylation sites is 1. The topological polar surface area (TPSA) is 90.9 Å². The molecule has 0 bridgehead atoms. The van der Waals surface area contributed by atoms with Gasteiger partial charge in [0.25, 0.3) is 5.44 Å². The molecule has 8 heteroatoms. The molecule has 1 aliphatic heterocycles. The van der Waals surface area contributed by atoms with Crippen molar-refractivity contribution in [3.8, 4) is 17.2 Å². The van der Waals surface area contributed by atoms with Crippen LogP contribution in [0, 0.1) is 0 Å². The standard InChI is InChI=1S/C22H20O3S.C18H28O3S/c1-17(23)21(18-11-5-2-6-12-18)26(24)22(19-13-7-3-8-14-19)25-20-15-9-4-10-16-20;1-3-4-5-6-7-8-11-22(19)15(2)12-16-9-10-17-18(13-16)21-14-20-17/h2-16,21-22H,1H3;9-10,13,15H,3-8,11-12,14H2,1-2H3. The Morgan fingerprint density at radius 1 is 0.771 bits per heavy atom. The Labute approximate surface area is 292 Å². The highest BCUT2D eigenvalue weighted by Crippen LogP contribution is 2.37. The van der Waals surface area contributed by atoms with Crippen molar-refractivity contribution in [2.24, 2.45) is 0 Å². The van der Waals surface area contributed by atoms with E-state index in [2.05, 4.69) is 13.8 Å². The van der Waals surface area contributed by atoms with Crippen LogP contribution in [0.1, 0.15) is 86.7 Å². The second kappa shape index (κ2) is 20.2. The maximum Gasteiger partial charge on any atom is 0.281 e. The second-order valence-electron chi connectivity index (χ2n) is 12.0. The first kappa shape index (κ1) is 37.4. The molecule has 1 heterocycles. The van der Waals surface area contributed by atoms with Crippen molar-refractivity contribution in [1.82, 2.24) is 0 Å². The minimum atomic E-state index is -1.60. The second-order valence-corrected chi connectivity index (χ2v) is 15.5. The third-order valence-electron chi connectivity index (χ3n) is 8.08. The number of ketones is 1. The van der Waals surface area contributed by atoms with Gasteiger partial charge in [-0.3, -0.25) is 4.79 Å². The maximum absolute atomic E-state index is 13.5. The molecule has 4 aromatic carbocycles. The lowest BCUT2D eigenvalue weighted by molar-refractivity contribution is -0.116. The summed E-state index contributed by atoms with van der Waals surface area (Å²) in [6.45, 7) is 6.09. The van der Waals surface area contributed by atoms with Gasteiger partial charge in [-0.2, -0.15) is 0 Å². The molecule has 0 saturated carbocycles. The molecule has 4 aromatic rings. The first-order valence-corrected chi connectivity index (χ1v) is 19.5.